The molecule has 0 bridgehead atoms. The van der Waals surface area contributed by atoms with Crippen LogP contribution in [-0.4, -0.2) is 22.0 Å². The highest BCUT2D eigenvalue weighted by Gasteiger charge is 2.15. The second kappa shape index (κ2) is 9.70. The molecule has 0 saturated carbocycles. The fourth-order valence-electron chi connectivity index (χ4n) is 3.63. The zero-order chi connectivity index (χ0) is 24.2. The van der Waals surface area contributed by atoms with Gasteiger partial charge < -0.3 is 20.1 Å². The average Bonchev–Trinajstić information content (AvgIpc) is 3.59. The van der Waals surface area contributed by atoms with E-state index in [4.69, 9.17) is 4.74 Å². The quantitative estimate of drug-likeness (QED) is 0.231. The van der Waals surface area contributed by atoms with Crippen molar-refractivity contribution in [1.29, 1.82) is 0 Å². The number of H-pyrrole nitrogens is 1. The molecule has 35 heavy (non-hydrogen) atoms. The third kappa shape index (κ3) is 5.00. The second-order valence-electron chi connectivity index (χ2n) is 7.73. The number of carbonyl (C=O) groups excluding carboxylic acids is 1. The van der Waals surface area contributed by atoms with Crippen molar-refractivity contribution in [1.82, 2.24) is 4.98 Å². The largest absolute Gasteiger partial charge is 0.477 e. The lowest BCUT2D eigenvalue weighted by Crippen LogP contribution is -2.11. The Hall–Kier alpha value is -4.62. The number of carbonyl (C=O) groups is 2. The number of aromatic nitrogens is 1. The number of rotatable bonds is 7. The zero-order valence-electron chi connectivity index (χ0n) is 18.4. The molecule has 0 atom stereocenters. The summed E-state index contributed by atoms with van der Waals surface area (Å²) in [6.07, 6.45) is 0. The first-order valence-corrected chi connectivity index (χ1v) is 11.7. The van der Waals surface area contributed by atoms with Crippen LogP contribution in [0.3, 0.4) is 0 Å². The van der Waals surface area contributed by atoms with Gasteiger partial charge in [0, 0.05) is 27.4 Å². The third-order valence-corrected chi connectivity index (χ3v) is 6.29. The molecule has 1 amide bonds. The number of benzene rings is 3. The van der Waals surface area contributed by atoms with Gasteiger partial charge in [0.2, 0.25) is 0 Å². The van der Waals surface area contributed by atoms with Crippen molar-refractivity contribution < 1.29 is 19.4 Å². The van der Waals surface area contributed by atoms with Gasteiger partial charge in [0.25, 0.3) is 5.91 Å². The minimum Gasteiger partial charge on any atom is -0.477 e. The SMILES string of the molecule is O=C(Nc1ccc(Oc2ccc(-c3cccs3)cc2)c(-c2ccc(C(=O)O)[nH]2)c1)c1ccccc1. The van der Waals surface area contributed by atoms with E-state index >= 15 is 0 Å². The van der Waals surface area contributed by atoms with Gasteiger partial charge in [0.05, 0.1) is 0 Å². The molecule has 3 N–H and O–H groups in total. The first kappa shape index (κ1) is 22.2. The second-order valence-corrected chi connectivity index (χ2v) is 8.67. The Morgan fingerprint density at radius 1 is 0.857 bits per heavy atom. The molecular formula is C28H20N2O4S. The first-order chi connectivity index (χ1) is 17.1. The Morgan fingerprint density at radius 2 is 1.66 bits per heavy atom. The summed E-state index contributed by atoms with van der Waals surface area (Å²) < 4.78 is 6.17. The Bertz CT molecular complexity index is 1470. The number of aromatic amines is 1. The molecule has 172 valence electrons. The monoisotopic (exact) mass is 480 g/mol. The van der Waals surface area contributed by atoms with Crippen LogP contribution in [0.4, 0.5) is 5.69 Å². The van der Waals surface area contributed by atoms with E-state index in [1.165, 1.54) is 10.9 Å². The molecule has 7 heteroatoms. The van der Waals surface area contributed by atoms with Crippen LogP contribution in [0.25, 0.3) is 21.7 Å². The van der Waals surface area contributed by atoms with Gasteiger partial charge in [-0.2, -0.15) is 0 Å². The van der Waals surface area contributed by atoms with Crippen LogP contribution in [0.15, 0.2) is 102 Å². The number of nitrogens with one attached hydrogen (secondary N) is 2. The van der Waals surface area contributed by atoms with E-state index in [9.17, 15) is 14.7 Å². The molecule has 3 aromatic carbocycles. The van der Waals surface area contributed by atoms with Gasteiger partial charge in [-0.05, 0) is 83.7 Å². The van der Waals surface area contributed by atoms with Gasteiger partial charge in [-0.15, -0.1) is 11.3 Å². The maximum absolute atomic E-state index is 12.6. The topological polar surface area (TPSA) is 91.4 Å². The van der Waals surface area contributed by atoms with Gasteiger partial charge in [-0.3, -0.25) is 4.79 Å². The van der Waals surface area contributed by atoms with Crippen LogP contribution in [0, 0.1) is 0 Å². The highest BCUT2D eigenvalue weighted by atomic mass is 32.1. The highest BCUT2D eigenvalue weighted by Crippen LogP contribution is 2.36. The molecule has 5 rings (SSSR count). The summed E-state index contributed by atoms with van der Waals surface area (Å²) >= 11 is 1.67. The smallest absolute Gasteiger partial charge is 0.352 e. The normalized spacial score (nSPS) is 10.6. The number of amides is 1. The van der Waals surface area contributed by atoms with Crippen LogP contribution < -0.4 is 10.1 Å². The molecule has 0 spiro atoms. The maximum Gasteiger partial charge on any atom is 0.352 e. The van der Waals surface area contributed by atoms with E-state index in [-0.39, 0.29) is 11.6 Å². The number of carboxylic acids is 1. The first-order valence-electron chi connectivity index (χ1n) is 10.8. The molecule has 0 fully saturated rings. The molecule has 2 aromatic heterocycles. The Morgan fingerprint density at radius 3 is 2.34 bits per heavy atom. The predicted octanol–water partition coefficient (Wildman–Crippen LogP) is 7.15. The van der Waals surface area contributed by atoms with E-state index in [0.29, 0.717) is 34.0 Å². The van der Waals surface area contributed by atoms with Crippen molar-refractivity contribution in [2.24, 2.45) is 0 Å². The highest BCUT2D eigenvalue weighted by molar-refractivity contribution is 7.13. The van der Waals surface area contributed by atoms with Gasteiger partial charge in [0.1, 0.15) is 17.2 Å². The summed E-state index contributed by atoms with van der Waals surface area (Å²) in [5, 5.41) is 14.3. The molecule has 0 aliphatic carbocycles. The number of hydrogen-bond donors (Lipinski definition) is 3. The fourth-order valence-corrected chi connectivity index (χ4v) is 4.37. The van der Waals surface area contributed by atoms with Crippen molar-refractivity contribution in [3.63, 3.8) is 0 Å². The zero-order valence-corrected chi connectivity index (χ0v) is 19.2. The number of aromatic carboxylic acids is 1. The van der Waals surface area contributed by atoms with Crippen LogP contribution in [0.2, 0.25) is 0 Å². The lowest BCUT2D eigenvalue weighted by atomic mass is 10.1. The molecule has 2 heterocycles. The Balaban J connectivity index is 1.46. The number of hydrogen-bond acceptors (Lipinski definition) is 4. The maximum atomic E-state index is 12.6. The number of anilines is 1. The van der Waals surface area contributed by atoms with E-state index in [1.54, 1.807) is 59.9 Å². The molecule has 5 aromatic rings. The Labute approximate surface area is 205 Å². The number of thiophene rings is 1. The molecule has 0 aliphatic heterocycles. The summed E-state index contributed by atoms with van der Waals surface area (Å²) in [5.41, 5.74) is 3.43. The van der Waals surface area contributed by atoms with Crippen LogP contribution >= 0.6 is 11.3 Å². The molecule has 0 radical (unpaired) electrons. The molecule has 6 nitrogen and oxygen atoms in total. The fraction of sp³-hybridized carbons (Fsp3) is 0. The van der Waals surface area contributed by atoms with Crippen LogP contribution in [-0.2, 0) is 0 Å². The van der Waals surface area contributed by atoms with Gasteiger partial charge in [0.15, 0.2) is 0 Å². The lowest BCUT2D eigenvalue weighted by Gasteiger charge is -2.14. The molecule has 0 saturated heterocycles. The van der Waals surface area contributed by atoms with Gasteiger partial charge in [-0.1, -0.05) is 24.3 Å². The summed E-state index contributed by atoms with van der Waals surface area (Å²) in [6, 6.07) is 29.2. The van der Waals surface area contributed by atoms with Crippen molar-refractivity contribution in [2.75, 3.05) is 5.32 Å². The standard InChI is InChI=1S/C28H20N2O4S/c31-27(19-5-2-1-3-6-19)29-20-10-15-25(22(17-20)23-13-14-24(30-23)28(32)33)34-21-11-8-18(9-12-21)26-7-4-16-35-26/h1-17,30H,(H,29,31)(H,32,33). The number of carboxylic acid groups (broad SMARTS) is 1. The van der Waals surface area contributed by atoms with Crippen molar-refractivity contribution in [2.45, 2.75) is 0 Å². The van der Waals surface area contributed by atoms with Gasteiger partial charge in [-0.25, -0.2) is 4.79 Å². The summed E-state index contributed by atoms with van der Waals surface area (Å²) in [6.45, 7) is 0. The van der Waals surface area contributed by atoms with Crippen molar-refractivity contribution in [3.8, 4) is 33.2 Å². The Kier molecular flexibility index (Phi) is 6.15. The van der Waals surface area contributed by atoms with Gasteiger partial charge >= 0.3 is 5.97 Å². The van der Waals surface area contributed by atoms with E-state index < -0.39 is 5.97 Å². The minimum atomic E-state index is -1.06. The lowest BCUT2D eigenvalue weighted by molar-refractivity contribution is 0.0691. The average molecular weight is 481 g/mol. The van der Waals surface area contributed by atoms with E-state index in [1.807, 2.05) is 41.8 Å². The van der Waals surface area contributed by atoms with Crippen molar-refractivity contribution in [3.05, 3.63) is 114 Å². The van der Waals surface area contributed by atoms with E-state index in [0.717, 1.165) is 5.56 Å². The van der Waals surface area contributed by atoms with Crippen molar-refractivity contribution >= 4 is 28.9 Å². The van der Waals surface area contributed by atoms with E-state index in [2.05, 4.69) is 16.4 Å². The summed E-state index contributed by atoms with van der Waals surface area (Å²) in [7, 11) is 0. The summed E-state index contributed by atoms with van der Waals surface area (Å²) in [5.74, 6) is -0.147. The molecule has 0 unspecified atom stereocenters. The van der Waals surface area contributed by atoms with Crippen LogP contribution in [0.1, 0.15) is 20.8 Å². The van der Waals surface area contributed by atoms with Crippen LogP contribution in [0.5, 0.6) is 11.5 Å². The summed E-state index contributed by atoms with van der Waals surface area (Å²) in [4.78, 5) is 28.1. The molecular weight excluding hydrogens is 460 g/mol. The molecule has 0 aliphatic rings. The predicted molar refractivity (Wildman–Crippen MR) is 137 cm³/mol. The number of ether oxygens (including phenoxy) is 1. The third-order valence-electron chi connectivity index (χ3n) is 5.37. The minimum absolute atomic E-state index is 0.0602.